The first-order chi connectivity index (χ1) is 15.7. The molecular weight excluding hydrogens is 487 g/mol. The summed E-state index contributed by atoms with van der Waals surface area (Å²) in [4.78, 5) is 12.9. The van der Waals surface area contributed by atoms with Crippen LogP contribution in [-0.4, -0.2) is 45.9 Å². The minimum atomic E-state index is -3.61. The topological polar surface area (TPSA) is 84.9 Å². The normalized spacial score (nSPS) is 16.3. The second-order valence-corrected chi connectivity index (χ2v) is 10.8. The van der Waals surface area contributed by atoms with Gasteiger partial charge < -0.3 is 14.8 Å². The van der Waals surface area contributed by atoms with Crippen molar-refractivity contribution in [1.82, 2.24) is 9.62 Å². The van der Waals surface area contributed by atoms with Gasteiger partial charge in [-0.25, -0.2) is 12.7 Å². The predicted molar refractivity (Wildman–Crippen MR) is 129 cm³/mol. The average Bonchev–Trinajstić information content (AvgIpc) is 2.81. The summed E-state index contributed by atoms with van der Waals surface area (Å²) in [5.41, 5.74) is 1.20. The molecule has 7 nitrogen and oxygen atoms in total. The van der Waals surface area contributed by atoms with E-state index in [4.69, 9.17) is 32.7 Å². The molecule has 1 heterocycles. The quantitative estimate of drug-likeness (QED) is 0.563. The van der Waals surface area contributed by atoms with Gasteiger partial charge in [0.1, 0.15) is 11.5 Å². The lowest BCUT2D eigenvalue weighted by Crippen LogP contribution is -2.43. The SMILES string of the molecule is COc1ccc(OC)c(C(C)NC(=O)C2CCN(S(=O)(=O)Cc3c(Cl)cccc3Cl)CC2)c1. The van der Waals surface area contributed by atoms with E-state index in [1.807, 2.05) is 13.0 Å². The third kappa shape index (κ3) is 6.12. The Kier molecular flexibility index (Phi) is 8.50. The van der Waals surface area contributed by atoms with Crippen LogP contribution in [0.3, 0.4) is 0 Å². The zero-order valence-corrected chi connectivity index (χ0v) is 21.1. The monoisotopic (exact) mass is 514 g/mol. The largest absolute Gasteiger partial charge is 0.497 e. The van der Waals surface area contributed by atoms with Crippen LogP contribution < -0.4 is 14.8 Å². The molecule has 3 rings (SSSR count). The van der Waals surface area contributed by atoms with Crippen LogP contribution in [0.25, 0.3) is 0 Å². The maximum Gasteiger partial charge on any atom is 0.223 e. The second-order valence-electron chi connectivity index (χ2n) is 7.97. The fraction of sp³-hybridized carbons (Fsp3) is 0.435. The third-order valence-corrected chi connectivity index (χ3v) is 8.38. The molecule has 1 saturated heterocycles. The number of amides is 1. The van der Waals surface area contributed by atoms with E-state index in [1.165, 1.54) is 4.31 Å². The summed E-state index contributed by atoms with van der Waals surface area (Å²) in [6.07, 6.45) is 0.868. The second kappa shape index (κ2) is 11.0. The number of sulfonamides is 1. The molecule has 1 atom stereocenters. The van der Waals surface area contributed by atoms with Crippen LogP contribution in [0, 0.1) is 5.92 Å². The zero-order valence-electron chi connectivity index (χ0n) is 18.8. The molecule has 10 heteroatoms. The summed E-state index contributed by atoms with van der Waals surface area (Å²) in [6.45, 7) is 2.40. The Labute approximate surface area is 205 Å². The number of nitrogens with one attached hydrogen (secondary N) is 1. The first kappa shape index (κ1) is 25.6. The van der Waals surface area contributed by atoms with Crippen molar-refractivity contribution >= 4 is 39.1 Å². The van der Waals surface area contributed by atoms with E-state index in [2.05, 4.69) is 5.32 Å². The Bertz CT molecular complexity index is 1080. The van der Waals surface area contributed by atoms with Crippen molar-refractivity contribution in [3.05, 3.63) is 57.6 Å². The molecule has 0 bridgehead atoms. The van der Waals surface area contributed by atoms with Crippen LogP contribution in [0.1, 0.15) is 36.9 Å². The van der Waals surface area contributed by atoms with E-state index in [9.17, 15) is 13.2 Å². The van der Waals surface area contributed by atoms with E-state index in [0.29, 0.717) is 39.9 Å². The van der Waals surface area contributed by atoms with Crippen molar-refractivity contribution in [2.24, 2.45) is 5.92 Å². The molecule has 1 amide bonds. The van der Waals surface area contributed by atoms with Gasteiger partial charge in [-0.15, -0.1) is 0 Å². The van der Waals surface area contributed by atoms with Crippen LogP contribution in [0.4, 0.5) is 0 Å². The Morgan fingerprint density at radius 2 is 1.76 bits per heavy atom. The van der Waals surface area contributed by atoms with Crippen LogP contribution in [0.15, 0.2) is 36.4 Å². The molecule has 0 aromatic heterocycles. The van der Waals surface area contributed by atoms with Gasteiger partial charge in [-0.05, 0) is 50.1 Å². The smallest absolute Gasteiger partial charge is 0.223 e. The lowest BCUT2D eigenvalue weighted by Gasteiger charge is -2.31. The minimum absolute atomic E-state index is 0.112. The molecule has 1 aliphatic rings. The van der Waals surface area contributed by atoms with Crippen molar-refractivity contribution in [3.63, 3.8) is 0 Å². The summed E-state index contributed by atoms with van der Waals surface area (Å²) in [5.74, 6) is 0.666. The lowest BCUT2D eigenvalue weighted by molar-refractivity contribution is -0.126. The van der Waals surface area contributed by atoms with Crippen molar-refractivity contribution in [2.75, 3.05) is 27.3 Å². The maximum atomic E-state index is 12.9. The molecule has 2 aromatic carbocycles. The minimum Gasteiger partial charge on any atom is -0.497 e. The van der Waals surface area contributed by atoms with Crippen LogP contribution in [0.2, 0.25) is 10.0 Å². The molecule has 0 spiro atoms. The van der Waals surface area contributed by atoms with Gasteiger partial charge >= 0.3 is 0 Å². The molecule has 0 radical (unpaired) electrons. The first-order valence-electron chi connectivity index (χ1n) is 10.6. The highest BCUT2D eigenvalue weighted by Crippen LogP contribution is 2.31. The van der Waals surface area contributed by atoms with Crippen molar-refractivity contribution < 1.29 is 22.7 Å². The van der Waals surface area contributed by atoms with Crippen LogP contribution in [0.5, 0.6) is 11.5 Å². The number of piperidine rings is 1. The number of carbonyl (C=O) groups is 1. The highest BCUT2D eigenvalue weighted by atomic mass is 35.5. The number of hydrogen-bond donors (Lipinski definition) is 1. The Balaban J connectivity index is 1.61. The highest BCUT2D eigenvalue weighted by molar-refractivity contribution is 7.88. The van der Waals surface area contributed by atoms with Gasteiger partial charge in [0.05, 0.1) is 26.0 Å². The molecule has 1 fully saturated rings. The van der Waals surface area contributed by atoms with Crippen LogP contribution in [-0.2, 0) is 20.6 Å². The summed E-state index contributed by atoms with van der Waals surface area (Å²) in [5, 5.41) is 3.67. The number of rotatable bonds is 8. The number of hydrogen-bond acceptors (Lipinski definition) is 5. The Hall–Kier alpha value is -2.00. The third-order valence-electron chi connectivity index (χ3n) is 5.87. The van der Waals surface area contributed by atoms with Crippen molar-refractivity contribution in [3.8, 4) is 11.5 Å². The predicted octanol–water partition coefficient (Wildman–Crippen LogP) is 4.43. The fourth-order valence-electron chi connectivity index (χ4n) is 3.93. The number of nitrogens with zero attached hydrogens (tertiary/aromatic N) is 1. The molecular formula is C23H28Cl2N2O5S. The van der Waals surface area contributed by atoms with Gasteiger partial charge in [0, 0.05) is 40.2 Å². The summed E-state index contributed by atoms with van der Waals surface area (Å²) in [7, 11) is -0.456. The number of ether oxygens (including phenoxy) is 2. The number of halogens is 2. The van der Waals surface area contributed by atoms with Gasteiger partial charge in [-0.3, -0.25) is 4.79 Å². The Morgan fingerprint density at radius 1 is 1.12 bits per heavy atom. The summed E-state index contributed by atoms with van der Waals surface area (Å²) in [6, 6.07) is 10.0. The number of carbonyl (C=O) groups excluding carboxylic acids is 1. The number of benzene rings is 2. The highest BCUT2D eigenvalue weighted by Gasteiger charge is 2.32. The summed E-state index contributed by atoms with van der Waals surface area (Å²) >= 11 is 12.3. The van der Waals surface area contributed by atoms with E-state index in [0.717, 1.165) is 5.56 Å². The van der Waals surface area contributed by atoms with Gasteiger partial charge in [0.2, 0.25) is 15.9 Å². The molecule has 1 unspecified atom stereocenters. The molecule has 33 heavy (non-hydrogen) atoms. The molecule has 2 aromatic rings. The zero-order chi connectivity index (χ0) is 24.2. The lowest BCUT2D eigenvalue weighted by atomic mass is 9.96. The molecule has 0 saturated carbocycles. The Morgan fingerprint density at radius 3 is 2.33 bits per heavy atom. The maximum absolute atomic E-state index is 12.9. The average molecular weight is 515 g/mol. The van der Waals surface area contributed by atoms with Gasteiger partial charge in [-0.1, -0.05) is 29.3 Å². The van der Waals surface area contributed by atoms with E-state index in [1.54, 1.807) is 44.6 Å². The van der Waals surface area contributed by atoms with Crippen LogP contribution >= 0.6 is 23.2 Å². The standard InChI is InChI=1S/C23H28Cl2N2O5S/c1-15(18-13-17(31-2)7-8-22(18)32-3)26-23(28)16-9-11-27(12-10-16)33(29,30)14-19-20(24)5-4-6-21(19)25/h4-8,13,15-16H,9-12,14H2,1-3H3,(H,26,28). The van der Waals surface area contributed by atoms with Crippen molar-refractivity contribution in [1.29, 1.82) is 0 Å². The molecule has 180 valence electrons. The summed E-state index contributed by atoms with van der Waals surface area (Å²) < 4.78 is 37.9. The van der Waals surface area contributed by atoms with Crippen molar-refractivity contribution in [2.45, 2.75) is 31.6 Å². The number of methoxy groups -OCH3 is 2. The van der Waals surface area contributed by atoms with Gasteiger partial charge in [0.25, 0.3) is 0 Å². The van der Waals surface area contributed by atoms with E-state index in [-0.39, 0.29) is 36.7 Å². The fourth-order valence-corrected chi connectivity index (χ4v) is 6.24. The first-order valence-corrected chi connectivity index (χ1v) is 13.0. The molecule has 0 aliphatic carbocycles. The molecule has 1 aliphatic heterocycles. The van der Waals surface area contributed by atoms with Gasteiger partial charge in [-0.2, -0.15) is 0 Å². The van der Waals surface area contributed by atoms with E-state index >= 15 is 0 Å². The van der Waals surface area contributed by atoms with E-state index < -0.39 is 10.0 Å². The van der Waals surface area contributed by atoms with Gasteiger partial charge in [0.15, 0.2) is 0 Å². The molecule has 1 N–H and O–H groups in total.